The van der Waals surface area contributed by atoms with Gasteiger partial charge in [-0.3, -0.25) is 0 Å². The minimum Gasteiger partial charge on any atom is -0.372 e. The number of hydrogen-bond donors (Lipinski definition) is 2. The third kappa shape index (κ3) is 3.33. The van der Waals surface area contributed by atoms with Crippen LogP contribution in [0.5, 0.6) is 0 Å². The van der Waals surface area contributed by atoms with Crippen LogP contribution in [0.15, 0.2) is 5.10 Å². The molecule has 2 amide bonds. The van der Waals surface area contributed by atoms with Crippen LogP contribution in [0.1, 0.15) is 33.6 Å². The zero-order chi connectivity index (χ0) is 10.8. The van der Waals surface area contributed by atoms with Crippen LogP contribution in [-0.2, 0) is 4.74 Å². The summed E-state index contributed by atoms with van der Waals surface area (Å²) in [5.41, 5.74) is 7.88. The fourth-order valence-corrected chi connectivity index (χ4v) is 1.74. The molecule has 0 aromatic heterocycles. The van der Waals surface area contributed by atoms with Crippen molar-refractivity contribution in [2.45, 2.75) is 45.3 Å². The molecule has 3 N–H and O–H groups in total. The molecular weight excluding hydrogens is 182 g/mol. The highest BCUT2D eigenvalue weighted by atomic mass is 16.5. The first-order valence-corrected chi connectivity index (χ1v) is 4.68. The third-order valence-corrected chi connectivity index (χ3v) is 2.00. The van der Waals surface area contributed by atoms with E-state index in [0.717, 1.165) is 18.6 Å². The normalized spacial score (nSPS) is 28.8. The van der Waals surface area contributed by atoms with Crippen LogP contribution in [0.2, 0.25) is 0 Å². The number of nitrogens with zero attached hydrogens (tertiary/aromatic N) is 1. The van der Waals surface area contributed by atoms with Gasteiger partial charge in [-0.1, -0.05) is 0 Å². The zero-order valence-electron chi connectivity index (χ0n) is 8.83. The topological polar surface area (TPSA) is 76.7 Å². The molecule has 5 nitrogen and oxygen atoms in total. The molecule has 0 aromatic rings. The lowest BCUT2D eigenvalue weighted by Gasteiger charge is -2.35. The first kappa shape index (κ1) is 11.0. The summed E-state index contributed by atoms with van der Waals surface area (Å²) in [4.78, 5) is 10.5. The monoisotopic (exact) mass is 199 g/mol. The summed E-state index contributed by atoms with van der Waals surface area (Å²) in [5.74, 6) is 0. The second-order valence-electron chi connectivity index (χ2n) is 4.22. The fraction of sp³-hybridized carbons (Fsp3) is 0.778. The van der Waals surface area contributed by atoms with Crippen LogP contribution in [0.3, 0.4) is 0 Å². The van der Waals surface area contributed by atoms with Crippen LogP contribution in [-0.4, -0.2) is 23.4 Å². The number of nitrogens with two attached hydrogens (primary N) is 1. The van der Waals surface area contributed by atoms with Crippen LogP contribution >= 0.6 is 0 Å². The highest BCUT2D eigenvalue weighted by Crippen LogP contribution is 2.25. The first-order chi connectivity index (χ1) is 6.39. The Bertz CT molecular complexity index is 261. The van der Waals surface area contributed by atoms with Crippen LogP contribution in [0.25, 0.3) is 0 Å². The molecule has 1 heterocycles. The van der Waals surface area contributed by atoms with E-state index in [0.29, 0.717) is 0 Å². The number of nitrogens with one attached hydrogen (secondary N) is 1. The van der Waals surface area contributed by atoms with E-state index < -0.39 is 6.03 Å². The average Bonchev–Trinajstić information content (AvgIpc) is 1.96. The summed E-state index contributed by atoms with van der Waals surface area (Å²) in [6.07, 6.45) is 1.59. The lowest BCUT2D eigenvalue weighted by Crippen LogP contribution is -2.40. The van der Waals surface area contributed by atoms with Gasteiger partial charge in [0.05, 0.1) is 11.7 Å². The summed E-state index contributed by atoms with van der Waals surface area (Å²) >= 11 is 0. The number of ether oxygens (including phenoxy) is 1. The summed E-state index contributed by atoms with van der Waals surface area (Å²) in [6, 6.07) is -0.630. The van der Waals surface area contributed by atoms with E-state index in [9.17, 15) is 4.79 Å². The van der Waals surface area contributed by atoms with Crippen molar-refractivity contribution in [3.05, 3.63) is 0 Å². The van der Waals surface area contributed by atoms with Gasteiger partial charge in [-0.2, -0.15) is 5.10 Å². The molecule has 0 spiro atoms. The van der Waals surface area contributed by atoms with Gasteiger partial charge in [-0.05, 0) is 20.8 Å². The molecule has 1 unspecified atom stereocenters. The Morgan fingerprint density at radius 2 is 2.36 bits per heavy atom. The van der Waals surface area contributed by atoms with Crippen LogP contribution in [0.4, 0.5) is 4.79 Å². The maximum atomic E-state index is 10.5. The van der Waals surface area contributed by atoms with Crippen molar-refractivity contribution in [2.24, 2.45) is 10.8 Å². The minimum absolute atomic E-state index is 0.132. The SMILES string of the molecule is CC1C/C(=N/NC(N)=O)CC(C)(C)O1. The van der Waals surface area contributed by atoms with Gasteiger partial charge < -0.3 is 10.5 Å². The number of amides is 2. The Hall–Kier alpha value is -1.10. The summed E-state index contributed by atoms with van der Waals surface area (Å²) < 4.78 is 5.69. The van der Waals surface area contributed by atoms with Gasteiger partial charge in [0.15, 0.2) is 0 Å². The number of hydrazone groups is 1. The zero-order valence-corrected chi connectivity index (χ0v) is 8.83. The predicted molar refractivity (Wildman–Crippen MR) is 54.0 cm³/mol. The number of carbonyl (C=O) groups is 1. The Balaban J connectivity index is 2.62. The first-order valence-electron chi connectivity index (χ1n) is 4.68. The number of primary amides is 1. The van der Waals surface area contributed by atoms with Gasteiger partial charge in [-0.15, -0.1) is 0 Å². The van der Waals surface area contributed by atoms with E-state index in [1.165, 1.54) is 0 Å². The molecule has 1 aliphatic rings. The van der Waals surface area contributed by atoms with Crippen molar-refractivity contribution in [1.82, 2.24) is 5.43 Å². The van der Waals surface area contributed by atoms with Gasteiger partial charge in [0.25, 0.3) is 0 Å². The molecule has 14 heavy (non-hydrogen) atoms. The Kier molecular flexibility index (Phi) is 3.10. The van der Waals surface area contributed by atoms with E-state index >= 15 is 0 Å². The van der Waals surface area contributed by atoms with E-state index in [1.807, 2.05) is 20.8 Å². The molecule has 1 aliphatic heterocycles. The van der Waals surface area contributed by atoms with Gasteiger partial charge >= 0.3 is 6.03 Å². The Labute approximate surface area is 83.7 Å². The molecule has 1 atom stereocenters. The van der Waals surface area contributed by atoms with Gasteiger partial charge in [0.2, 0.25) is 0 Å². The van der Waals surface area contributed by atoms with Gasteiger partial charge in [0.1, 0.15) is 0 Å². The van der Waals surface area contributed by atoms with Crippen molar-refractivity contribution in [1.29, 1.82) is 0 Å². The second-order valence-corrected chi connectivity index (χ2v) is 4.22. The number of rotatable bonds is 1. The molecular formula is C9H17N3O2. The molecule has 1 fully saturated rings. The summed E-state index contributed by atoms with van der Waals surface area (Å²) in [6.45, 7) is 5.99. The summed E-state index contributed by atoms with van der Waals surface area (Å²) in [7, 11) is 0. The smallest absolute Gasteiger partial charge is 0.332 e. The average molecular weight is 199 g/mol. The molecule has 1 rings (SSSR count). The molecule has 80 valence electrons. The van der Waals surface area contributed by atoms with E-state index in [1.54, 1.807) is 0 Å². The second kappa shape index (κ2) is 3.96. The van der Waals surface area contributed by atoms with Crippen LogP contribution < -0.4 is 11.2 Å². The Morgan fingerprint density at radius 3 is 2.86 bits per heavy atom. The maximum Gasteiger partial charge on any atom is 0.332 e. The van der Waals surface area contributed by atoms with Crippen molar-refractivity contribution >= 4 is 11.7 Å². The molecule has 0 bridgehead atoms. The van der Waals surface area contributed by atoms with Crippen molar-refractivity contribution < 1.29 is 9.53 Å². The highest BCUT2D eigenvalue weighted by molar-refractivity contribution is 5.87. The number of hydrogen-bond acceptors (Lipinski definition) is 3. The molecule has 5 heteroatoms. The molecule has 0 radical (unpaired) electrons. The number of urea groups is 1. The minimum atomic E-state index is -0.630. The highest BCUT2D eigenvalue weighted by Gasteiger charge is 2.30. The van der Waals surface area contributed by atoms with E-state index in [-0.39, 0.29) is 11.7 Å². The molecule has 1 saturated heterocycles. The number of carbonyl (C=O) groups excluding carboxylic acids is 1. The van der Waals surface area contributed by atoms with Crippen LogP contribution in [0, 0.1) is 0 Å². The molecule has 0 saturated carbocycles. The third-order valence-electron chi connectivity index (χ3n) is 2.00. The molecule has 0 aliphatic carbocycles. The maximum absolute atomic E-state index is 10.5. The van der Waals surface area contributed by atoms with Crippen molar-refractivity contribution in [2.75, 3.05) is 0 Å². The van der Waals surface area contributed by atoms with E-state index in [2.05, 4.69) is 10.5 Å². The van der Waals surface area contributed by atoms with E-state index in [4.69, 9.17) is 10.5 Å². The summed E-state index contributed by atoms with van der Waals surface area (Å²) in [5, 5.41) is 3.94. The van der Waals surface area contributed by atoms with Crippen molar-refractivity contribution in [3.63, 3.8) is 0 Å². The lowest BCUT2D eigenvalue weighted by molar-refractivity contribution is -0.0677. The standard InChI is InChI=1S/C9H17N3O2/c1-6-4-7(11-12-8(10)13)5-9(2,3)14-6/h6H,4-5H2,1-3H3,(H3,10,12,13)/b11-7-. The largest absolute Gasteiger partial charge is 0.372 e. The fourth-order valence-electron chi connectivity index (χ4n) is 1.74. The lowest BCUT2D eigenvalue weighted by atomic mass is 9.94. The van der Waals surface area contributed by atoms with Gasteiger partial charge in [0, 0.05) is 18.6 Å². The molecule has 0 aromatic carbocycles. The Morgan fingerprint density at radius 1 is 1.71 bits per heavy atom. The quantitative estimate of drug-likeness (QED) is 0.618. The van der Waals surface area contributed by atoms with Crippen molar-refractivity contribution in [3.8, 4) is 0 Å². The van der Waals surface area contributed by atoms with Gasteiger partial charge in [-0.25, -0.2) is 10.2 Å². The predicted octanol–water partition coefficient (Wildman–Crippen LogP) is 0.988.